The fourth-order valence-electron chi connectivity index (χ4n) is 1.65. The summed E-state index contributed by atoms with van der Waals surface area (Å²) in [6.07, 6.45) is 3.98. The molecule has 0 heterocycles. The van der Waals surface area contributed by atoms with Gasteiger partial charge in [0, 0.05) is 6.08 Å². The van der Waals surface area contributed by atoms with E-state index in [-0.39, 0.29) is 24.3 Å². The Kier molecular flexibility index (Phi) is 7.39. The van der Waals surface area contributed by atoms with Crippen LogP contribution in [0, 0.1) is 0 Å². The van der Waals surface area contributed by atoms with Crippen LogP contribution in [0.4, 0.5) is 0 Å². The predicted molar refractivity (Wildman–Crippen MR) is 78.7 cm³/mol. The average molecular weight is 306 g/mol. The van der Waals surface area contributed by atoms with Gasteiger partial charge in [-0.15, -0.1) is 0 Å². The van der Waals surface area contributed by atoms with Crippen molar-refractivity contribution in [3.63, 3.8) is 0 Å². The van der Waals surface area contributed by atoms with Crippen LogP contribution in [0.3, 0.4) is 0 Å². The molecule has 0 amide bonds. The van der Waals surface area contributed by atoms with Gasteiger partial charge in [0.15, 0.2) is 0 Å². The van der Waals surface area contributed by atoms with Gasteiger partial charge in [-0.25, -0.2) is 14.4 Å². The summed E-state index contributed by atoms with van der Waals surface area (Å²) >= 11 is 0. The number of unbranched alkanes of at least 4 members (excludes halogenated alkanes) is 1. The molecule has 22 heavy (non-hydrogen) atoms. The summed E-state index contributed by atoms with van der Waals surface area (Å²) in [4.78, 5) is 33.8. The molecule has 0 atom stereocenters. The lowest BCUT2D eigenvalue weighted by atomic mass is 10.1. The molecule has 0 aliphatic rings. The van der Waals surface area contributed by atoms with Crippen molar-refractivity contribution in [2.45, 2.75) is 19.8 Å². The van der Waals surface area contributed by atoms with Gasteiger partial charge in [-0.2, -0.15) is 0 Å². The zero-order valence-electron chi connectivity index (χ0n) is 12.3. The first-order valence-electron chi connectivity index (χ1n) is 6.85. The Labute approximate surface area is 128 Å². The molecule has 0 saturated carbocycles. The summed E-state index contributed by atoms with van der Waals surface area (Å²) in [6.45, 7) is 2.09. The lowest BCUT2D eigenvalue weighted by Crippen LogP contribution is -2.12. The Morgan fingerprint density at radius 1 is 1.05 bits per heavy atom. The second kappa shape index (κ2) is 9.33. The number of carbonyl (C=O) groups excluding carboxylic acids is 2. The van der Waals surface area contributed by atoms with Crippen molar-refractivity contribution in [2.24, 2.45) is 0 Å². The molecule has 0 spiro atoms. The van der Waals surface area contributed by atoms with E-state index in [1.807, 2.05) is 0 Å². The van der Waals surface area contributed by atoms with Gasteiger partial charge in [0.1, 0.15) is 0 Å². The van der Waals surface area contributed by atoms with E-state index in [4.69, 9.17) is 14.6 Å². The number of benzene rings is 1. The van der Waals surface area contributed by atoms with Crippen molar-refractivity contribution in [1.82, 2.24) is 0 Å². The molecular formula is C16H18O6. The number of esters is 2. The molecule has 1 N–H and O–H groups in total. The number of aromatic carboxylic acids is 1. The highest BCUT2D eigenvalue weighted by Crippen LogP contribution is 2.10. The molecule has 118 valence electrons. The molecule has 1 aromatic carbocycles. The van der Waals surface area contributed by atoms with Crippen LogP contribution < -0.4 is 0 Å². The van der Waals surface area contributed by atoms with Crippen molar-refractivity contribution >= 4 is 17.9 Å². The summed E-state index contributed by atoms with van der Waals surface area (Å²) in [5.74, 6) is -2.26. The number of allylic oxidation sites excluding steroid dienone is 1. The molecular weight excluding hydrogens is 288 g/mol. The SMILES string of the molecule is CC=CC(=O)OCCCCOC(=O)c1ccccc1C(=O)O. The molecule has 0 aliphatic carbocycles. The smallest absolute Gasteiger partial charge is 0.339 e. The van der Waals surface area contributed by atoms with Crippen molar-refractivity contribution in [2.75, 3.05) is 13.2 Å². The first kappa shape index (κ1) is 17.4. The first-order valence-corrected chi connectivity index (χ1v) is 6.85. The normalized spacial score (nSPS) is 10.4. The third kappa shape index (κ3) is 5.78. The molecule has 0 aromatic heterocycles. The molecule has 0 bridgehead atoms. The first-order chi connectivity index (χ1) is 10.6. The van der Waals surface area contributed by atoms with E-state index < -0.39 is 17.9 Å². The van der Waals surface area contributed by atoms with Gasteiger partial charge in [-0.3, -0.25) is 0 Å². The third-order valence-electron chi connectivity index (χ3n) is 2.70. The topological polar surface area (TPSA) is 89.9 Å². The molecule has 6 heteroatoms. The maximum atomic E-state index is 11.8. The van der Waals surface area contributed by atoms with Gasteiger partial charge in [0.05, 0.1) is 24.3 Å². The Bertz CT molecular complexity index is 562. The fourth-order valence-corrected chi connectivity index (χ4v) is 1.65. The largest absolute Gasteiger partial charge is 0.478 e. The lowest BCUT2D eigenvalue weighted by Gasteiger charge is -2.07. The second-order valence-electron chi connectivity index (χ2n) is 4.36. The zero-order valence-corrected chi connectivity index (χ0v) is 12.3. The van der Waals surface area contributed by atoms with Crippen LogP contribution in [0.1, 0.15) is 40.5 Å². The number of hydrogen-bond acceptors (Lipinski definition) is 5. The van der Waals surface area contributed by atoms with E-state index in [1.54, 1.807) is 25.1 Å². The van der Waals surface area contributed by atoms with E-state index in [2.05, 4.69) is 0 Å². The average Bonchev–Trinajstić information content (AvgIpc) is 2.50. The van der Waals surface area contributed by atoms with Crippen LogP contribution in [-0.2, 0) is 14.3 Å². The van der Waals surface area contributed by atoms with E-state index in [1.165, 1.54) is 18.2 Å². The van der Waals surface area contributed by atoms with Crippen LogP contribution in [0.2, 0.25) is 0 Å². The van der Waals surface area contributed by atoms with Crippen LogP contribution in [0.5, 0.6) is 0 Å². The highest BCUT2D eigenvalue weighted by atomic mass is 16.5. The second-order valence-corrected chi connectivity index (χ2v) is 4.36. The van der Waals surface area contributed by atoms with Gasteiger partial charge in [0.25, 0.3) is 0 Å². The molecule has 0 radical (unpaired) electrons. The minimum atomic E-state index is -1.18. The maximum absolute atomic E-state index is 11.8. The molecule has 6 nitrogen and oxygen atoms in total. The van der Waals surface area contributed by atoms with Gasteiger partial charge in [-0.1, -0.05) is 18.2 Å². The standard InChI is InChI=1S/C16H18O6/c1-2-7-14(17)21-10-5-6-11-22-16(20)13-9-4-3-8-12(13)15(18)19/h2-4,7-9H,5-6,10-11H2,1H3,(H,18,19). The number of carbonyl (C=O) groups is 3. The molecule has 0 aliphatic heterocycles. The fraction of sp³-hybridized carbons (Fsp3) is 0.312. The van der Waals surface area contributed by atoms with Gasteiger partial charge in [0.2, 0.25) is 0 Å². The van der Waals surface area contributed by atoms with Crippen molar-refractivity contribution in [3.8, 4) is 0 Å². The van der Waals surface area contributed by atoms with Gasteiger partial charge >= 0.3 is 17.9 Å². The highest BCUT2D eigenvalue weighted by Gasteiger charge is 2.16. The highest BCUT2D eigenvalue weighted by molar-refractivity contribution is 6.02. The van der Waals surface area contributed by atoms with Gasteiger partial charge in [-0.05, 0) is 31.9 Å². The summed E-state index contributed by atoms with van der Waals surface area (Å²) in [7, 11) is 0. The van der Waals surface area contributed by atoms with E-state index >= 15 is 0 Å². The monoisotopic (exact) mass is 306 g/mol. The summed E-state index contributed by atoms with van der Waals surface area (Å²) in [6, 6.07) is 5.87. The molecule has 0 unspecified atom stereocenters. The quantitative estimate of drug-likeness (QED) is 0.451. The van der Waals surface area contributed by atoms with Crippen molar-refractivity contribution < 1.29 is 29.0 Å². The van der Waals surface area contributed by atoms with Crippen molar-refractivity contribution in [3.05, 3.63) is 47.5 Å². The molecule has 1 rings (SSSR count). The number of carboxylic acids is 1. The number of hydrogen-bond donors (Lipinski definition) is 1. The van der Waals surface area contributed by atoms with Gasteiger partial charge < -0.3 is 14.6 Å². The van der Waals surface area contributed by atoms with Crippen LogP contribution >= 0.6 is 0 Å². The Morgan fingerprint density at radius 2 is 1.64 bits per heavy atom. The Hall–Kier alpha value is -2.63. The van der Waals surface area contributed by atoms with E-state index in [9.17, 15) is 14.4 Å². The summed E-state index contributed by atoms with van der Waals surface area (Å²) < 4.78 is 9.90. The van der Waals surface area contributed by atoms with Crippen molar-refractivity contribution in [1.29, 1.82) is 0 Å². The third-order valence-corrected chi connectivity index (χ3v) is 2.70. The van der Waals surface area contributed by atoms with Crippen LogP contribution in [-0.4, -0.2) is 36.2 Å². The number of ether oxygens (including phenoxy) is 2. The Balaban J connectivity index is 2.33. The maximum Gasteiger partial charge on any atom is 0.339 e. The number of rotatable bonds is 8. The minimum Gasteiger partial charge on any atom is -0.478 e. The minimum absolute atomic E-state index is 0.0227. The van der Waals surface area contributed by atoms with Crippen LogP contribution in [0.25, 0.3) is 0 Å². The molecule has 1 aromatic rings. The molecule has 0 saturated heterocycles. The summed E-state index contributed by atoms with van der Waals surface area (Å²) in [5.41, 5.74) is -0.0673. The molecule has 0 fully saturated rings. The summed E-state index contributed by atoms with van der Waals surface area (Å²) in [5, 5.41) is 8.99. The van der Waals surface area contributed by atoms with Crippen LogP contribution in [0.15, 0.2) is 36.4 Å². The number of carboxylic acid groups (broad SMARTS) is 1. The van der Waals surface area contributed by atoms with E-state index in [0.29, 0.717) is 12.8 Å². The predicted octanol–water partition coefficient (Wildman–Crippen LogP) is 2.44. The lowest BCUT2D eigenvalue weighted by molar-refractivity contribution is -0.137. The zero-order chi connectivity index (χ0) is 16.4. The Morgan fingerprint density at radius 3 is 2.23 bits per heavy atom. The van der Waals surface area contributed by atoms with E-state index in [0.717, 1.165) is 0 Å².